The predicted octanol–water partition coefficient (Wildman–Crippen LogP) is 1.16. The van der Waals surface area contributed by atoms with E-state index in [1.807, 2.05) is 14.1 Å². The minimum absolute atomic E-state index is 0.265. The molecule has 0 saturated heterocycles. The molecule has 0 radical (unpaired) electrons. The van der Waals surface area contributed by atoms with Crippen LogP contribution in [0.15, 0.2) is 10.6 Å². The summed E-state index contributed by atoms with van der Waals surface area (Å²) in [5, 5.41) is 7.39. The van der Waals surface area contributed by atoms with Gasteiger partial charge in [-0.15, -0.1) is 10.2 Å². The van der Waals surface area contributed by atoms with E-state index in [0.717, 1.165) is 0 Å². The average molecular weight is 178 g/mol. The minimum Gasteiger partial charge on any atom is -0.431 e. The van der Waals surface area contributed by atoms with Crippen molar-refractivity contribution >= 4 is 5.70 Å². The highest BCUT2D eigenvalue weighted by molar-refractivity contribution is 5.63. The van der Waals surface area contributed by atoms with Gasteiger partial charge in [0.1, 0.15) is 0 Å². The molecule has 0 fully saturated rings. The summed E-state index contributed by atoms with van der Waals surface area (Å²) >= 11 is 0. The second-order valence-corrected chi connectivity index (χ2v) is 2.72. The van der Waals surface area contributed by atoms with Crippen molar-refractivity contribution in [2.75, 3.05) is 14.1 Å². The molecule has 5 heteroatoms. The summed E-state index contributed by atoms with van der Waals surface area (Å²) in [4.78, 5) is 5.04. The predicted molar refractivity (Wildman–Crippen MR) is 47.3 cm³/mol. The van der Waals surface area contributed by atoms with Gasteiger partial charge in [0.25, 0.3) is 5.70 Å². The summed E-state index contributed by atoms with van der Waals surface area (Å²) < 4.78 is 5.11. The van der Waals surface area contributed by atoms with Gasteiger partial charge < -0.3 is 9.32 Å². The SMILES string of the molecule is [C-]#[N+]/C(=C\N(C)C)c1nnc(C)o1. The Labute approximate surface area is 76.5 Å². The van der Waals surface area contributed by atoms with Crippen molar-refractivity contribution in [3.63, 3.8) is 0 Å². The molecule has 1 aromatic rings. The summed E-state index contributed by atoms with van der Waals surface area (Å²) in [5.74, 6) is 0.726. The zero-order chi connectivity index (χ0) is 9.84. The highest BCUT2D eigenvalue weighted by Gasteiger charge is 2.09. The standard InChI is InChI=1S/C8H10N4O/c1-6-10-11-8(13-6)7(9-2)5-12(3)4/h5H,1,3-4H3/b7-5-. The van der Waals surface area contributed by atoms with Crippen molar-refractivity contribution in [1.82, 2.24) is 15.1 Å². The molecular weight excluding hydrogens is 168 g/mol. The van der Waals surface area contributed by atoms with Gasteiger partial charge in [-0.3, -0.25) is 0 Å². The molecule has 0 bridgehead atoms. The number of hydrogen-bond acceptors (Lipinski definition) is 4. The van der Waals surface area contributed by atoms with Crippen LogP contribution in [0.5, 0.6) is 0 Å². The van der Waals surface area contributed by atoms with E-state index in [0.29, 0.717) is 11.6 Å². The third kappa shape index (κ3) is 2.30. The molecule has 5 nitrogen and oxygen atoms in total. The molecule has 0 amide bonds. The monoisotopic (exact) mass is 178 g/mol. The largest absolute Gasteiger partial charge is 0.431 e. The molecule has 13 heavy (non-hydrogen) atoms. The molecule has 0 aromatic carbocycles. The van der Waals surface area contributed by atoms with Gasteiger partial charge in [0.2, 0.25) is 11.8 Å². The molecule has 68 valence electrons. The van der Waals surface area contributed by atoms with Gasteiger partial charge in [-0.25, -0.2) is 4.85 Å². The maximum Gasteiger partial charge on any atom is 0.264 e. The molecule has 1 aromatic heterocycles. The van der Waals surface area contributed by atoms with Gasteiger partial charge in [0.15, 0.2) is 0 Å². The van der Waals surface area contributed by atoms with Crippen molar-refractivity contribution in [2.24, 2.45) is 0 Å². The van der Waals surface area contributed by atoms with Crippen molar-refractivity contribution in [3.8, 4) is 0 Å². The number of hydrogen-bond donors (Lipinski definition) is 0. The van der Waals surface area contributed by atoms with Crippen LogP contribution >= 0.6 is 0 Å². The Morgan fingerprint density at radius 1 is 1.54 bits per heavy atom. The zero-order valence-electron chi connectivity index (χ0n) is 7.77. The number of rotatable bonds is 2. The number of aryl methyl sites for hydroxylation is 1. The van der Waals surface area contributed by atoms with Crippen LogP contribution in [0.1, 0.15) is 11.8 Å². The second kappa shape index (κ2) is 3.72. The molecule has 1 heterocycles. The topological polar surface area (TPSA) is 46.5 Å². The third-order valence-corrected chi connectivity index (χ3v) is 1.25. The van der Waals surface area contributed by atoms with Crippen LogP contribution in [0, 0.1) is 13.5 Å². The van der Waals surface area contributed by atoms with E-state index in [-0.39, 0.29) is 5.89 Å². The Morgan fingerprint density at radius 2 is 2.23 bits per heavy atom. The van der Waals surface area contributed by atoms with Crippen molar-refractivity contribution < 1.29 is 4.42 Å². The fraction of sp³-hybridized carbons (Fsp3) is 0.375. The van der Waals surface area contributed by atoms with Crippen LogP contribution in [0.25, 0.3) is 10.5 Å². The molecule has 0 aliphatic carbocycles. The lowest BCUT2D eigenvalue weighted by atomic mass is 10.5. The molecule has 0 aliphatic heterocycles. The van der Waals surface area contributed by atoms with Gasteiger partial charge in [-0.2, -0.15) is 0 Å². The molecular formula is C8H10N4O. The zero-order valence-corrected chi connectivity index (χ0v) is 7.77. The van der Waals surface area contributed by atoms with Crippen LogP contribution in [0.3, 0.4) is 0 Å². The highest BCUT2D eigenvalue weighted by Crippen LogP contribution is 2.13. The maximum atomic E-state index is 6.90. The summed E-state index contributed by atoms with van der Waals surface area (Å²) in [6.45, 7) is 8.59. The normalized spacial score (nSPS) is 11.1. The quantitative estimate of drug-likeness (QED) is 0.637. The lowest BCUT2D eigenvalue weighted by Gasteiger charge is -2.03. The number of nitrogens with zero attached hydrogens (tertiary/aromatic N) is 4. The summed E-state index contributed by atoms with van der Waals surface area (Å²) in [7, 11) is 3.66. The first-order valence-electron chi connectivity index (χ1n) is 3.69. The molecule has 0 unspecified atom stereocenters. The lowest BCUT2D eigenvalue weighted by molar-refractivity contribution is 0.502. The maximum absolute atomic E-state index is 6.90. The summed E-state index contributed by atoms with van der Waals surface area (Å²) in [5.41, 5.74) is 0.352. The van der Waals surface area contributed by atoms with Gasteiger partial charge in [-0.1, -0.05) is 0 Å². The van der Waals surface area contributed by atoms with E-state index in [4.69, 9.17) is 11.0 Å². The first-order chi connectivity index (χ1) is 6.13. The lowest BCUT2D eigenvalue weighted by Crippen LogP contribution is -2.01. The van der Waals surface area contributed by atoms with E-state index in [1.165, 1.54) is 0 Å². The van der Waals surface area contributed by atoms with E-state index in [1.54, 1.807) is 18.0 Å². The third-order valence-electron chi connectivity index (χ3n) is 1.25. The first-order valence-corrected chi connectivity index (χ1v) is 3.69. The molecule has 0 aliphatic rings. The second-order valence-electron chi connectivity index (χ2n) is 2.72. The molecule has 0 N–H and O–H groups in total. The fourth-order valence-electron chi connectivity index (χ4n) is 0.777. The van der Waals surface area contributed by atoms with Crippen LogP contribution in [-0.2, 0) is 0 Å². The fourth-order valence-corrected chi connectivity index (χ4v) is 0.777. The van der Waals surface area contributed by atoms with Gasteiger partial charge in [0, 0.05) is 27.2 Å². The first kappa shape index (κ1) is 9.26. The Kier molecular flexibility index (Phi) is 2.65. The van der Waals surface area contributed by atoms with E-state index >= 15 is 0 Å². The van der Waals surface area contributed by atoms with Crippen LogP contribution in [0.4, 0.5) is 0 Å². The average Bonchev–Trinajstić information content (AvgIpc) is 2.47. The van der Waals surface area contributed by atoms with Crippen LogP contribution in [0.2, 0.25) is 0 Å². The Bertz CT molecular complexity index is 358. The highest BCUT2D eigenvalue weighted by atomic mass is 16.4. The van der Waals surface area contributed by atoms with Crippen molar-refractivity contribution in [3.05, 3.63) is 29.4 Å². The summed E-state index contributed by atoms with van der Waals surface area (Å²) in [6.07, 6.45) is 1.64. The smallest absolute Gasteiger partial charge is 0.264 e. The molecule has 1 rings (SSSR count). The van der Waals surface area contributed by atoms with Gasteiger partial charge in [0.05, 0.1) is 6.57 Å². The van der Waals surface area contributed by atoms with E-state index in [2.05, 4.69) is 15.0 Å². The van der Waals surface area contributed by atoms with Gasteiger partial charge in [-0.05, 0) is 0 Å². The number of aromatic nitrogens is 2. The minimum atomic E-state index is 0.265. The van der Waals surface area contributed by atoms with Crippen LogP contribution in [-0.4, -0.2) is 29.2 Å². The molecule has 0 atom stereocenters. The van der Waals surface area contributed by atoms with Gasteiger partial charge >= 0.3 is 0 Å². The van der Waals surface area contributed by atoms with E-state index < -0.39 is 0 Å². The van der Waals surface area contributed by atoms with Crippen molar-refractivity contribution in [2.45, 2.75) is 6.92 Å². The Morgan fingerprint density at radius 3 is 2.62 bits per heavy atom. The molecule has 0 spiro atoms. The van der Waals surface area contributed by atoms with E-state index in [9.17, 15) is 0 Å². The Balaban J connectivity index is 2.99. The molecule has 0 saturated carbocycles. The summed E-state index contributed by atoms with van der Waals surface area (Å²) in [6, 6.07) is 0. The van der Waals surface area contributed by atoms with Crippen molar-refractivity contribution in [1.29, 1.82) is 0 Å². The van der Waals surface area contributed by atoms with Crippen LogP contribution < -0.4 is 0 Å². The Hall–Kier alpha value is -1.83.